The van der Waals surface area contributed by atoms with Gasteiger partial charge in [0.25, 0.3) is 0 Å². The van der Waals surface area contributed by atoms with Crippen LogP contribution in [0.5, 0.6) is 0 Å². The first kappa shape index (κ1) is 13.8. The molecule has 0 aromatic carbocycles. The molecule has 0 aromatic rings. The number of carbonyl (C=O) groups is 1. The zero-order valence-electron chi connectivity index (χ0n) is 9.78. The molecule has 2 fully saturated rings. The summed E-state index contributed by atoms with van der Waals surface area (Å²) < 4.78 is 0. The SMILES string of the molecule is Cl.NC1CC(NC(=O)CC2CCCCC2)C1. The third-order valence-electron chi connectivity index (χ3n) is 3.74. The fraction of sp³-hybridized carbons (Fsp3) is 0.917. The first-order chi connectivity index (χ1) is 7.24. The third-order valence-corrected chi connectivity index (χ3v) is 3.74. The van der Waals surface area contributed by atoms with Crippen LogP contribution in [0, 0.1) is 5.92 Å². The predicted octanol–water partition coefficient (Wildman–Crippen LogP) is 1.98. The molecule has 3 N–H and O–H groups in total. The van der Waals surface area contributed by atoms with Crippen molar-refractivity contribution < 1.29 is 4.79 Å². The molecule has 2 rings (SSSR count). The minimum Gasteiger partial charge on any atom is -0.353 e. The van der Waals surface area contributed by atoms with Gasteiger partial charge >= 0.3 is 0 Å². The number of halogens is 1. The normalized spacial score (nSPS) is 30.1. The Kier molecular flexibility index (Phi) is 5.56. The fourth-order valence-corrected chi connectivity index (χ4v) is 2.72. The molecule has 4 heteroatoms. The predicted molar refractivity (Wildman–Crippen MR) is 67.6 cm³/mol. The average molecular weight is 247 g/mol. The van der Waals surface area contributed by atoms with Crippen molar-refractivity contribution in [3.05, 3.63) is 0 Å². The minimum absolute atomic E-state index is 0. The van der Waals surface area contributed by atoms with E-state index in [0.29, 0.717) is 18.0 Å². The van der Waals surface area contributed by atoms with Gasteiger partial charge in [-0.1, -0.05) is 19.3 Å². The molecule has 0 heterocycles. The Hall–Kier alpha value is -0.280. The van der Waals surface area contributed by atoms with Gasteiger partial charge in [0.1, 0.15) is 0 Å². The maximum Gasteiger partial charge on any atom is 0.220 e. The highest BCUT2D eigenvalue weighted by Crippen LogP contribution is 2.26. The van der Waals surface area contributed by atoms with Crippen molar-refractivity contribution in [1.29, 1.82) is 0 Å². The second kappa shape index (κ2) is 6.45. The van der Waals surface area contributed by atoms with Crippen molar-refractivity contribution in [2.45, 2.75) is 63.5 Å². The number of hydrogen-bond donors (Lipinski definition) is 2. The van der Waals surface area contributed by atoms with E-state index >= 15 is 0 Å². The van der Waals surface area contributed by atoms with Crippen LogP contribution in [0.15, 0.2) is 0 Å². The molecule has 0 saturated heterocycles. The van der Waals surface area contributed by atoms with Crippen LogP contribution in [0.2, 0.25) is 0 Å². The highest BCUT2D eigenvalue weighted by molar-refractivity contribution is 5.85. The van der Waals surface area contributed by atoms with Crippen molar-refractivity contribution in [1.82, 2.24) is 5.32 Å². The van der Waals surface area contributed by atoms with Crippen molar-refractivity contribution in [2.75, 3.05) is 0 Å². The third kappa shape index (κ3) is 3.95. The van der Waals surface area contributed by atoms with Gasteiger partial charge in [0.15, 0.2) is 0 Å². The Morgan fingerprint density at radius 2 is 1.81 bits per heavy atom. The van der Waals surface area contributed by atoms with Gasteiger partial charge in [0, 0.05) is 18.5 Å². The molecule has 0 aromatic heterocycles. The molecule has 0 spiro atoms. The van der Waals surface area contributed by atoms with E-state index in [1.807, 2.05) is 0 Å². The van der Waals surface area contributed by atoms with Gasteiger partial charge in [-0.25, -0.2) is 0 Å². The van der Waals surface area contributed by atoms with Crippen molar-refractivity contribution in [2.24, 2.45) is 11.7 Å². The van der Waals surface area contributed by atoms with Crippen LogP contribution >= 0.6 is 12.4 Å². The summed E-state index contributed by atoms with van der Waals surface area (Å²) in [6.45, 7) is 0. The maximum atomic E-state index is 11.7. The van der Waals surface area contributed by atoms with Gasteiger partial charge in [-0.2, -0.15) is 0 Å². The van der Waals surface area contributed by atoms with E-state index in [1.54, 1.807) is 0 Å². The van der Waals surface area contributed by atoms with Crippen LogP contribution in [0.3, 0.4) is 0 Å². The van der Waals surface area contributed by atoms with Crippen LogP contribution in [0.25, 0.3) is 0 Å². The molecule has 0 radical (unpaired) electrons. The zero-order chi connectivity index (χ0) is 10.7. The van der Waals surface area contributed by atoms with E-state index in [-0.39, 0.29) is 18.3 Å². The number of rotatable bonds is 3. The zero-order valence-corrected chi connectivity index (χ0v) is 10.6. The monoisotopic (exact) mass is 246 g/mol. The molecule has 0 aliphatic heterocycles. The van der Waals surface area contributed by atoms with Crippen molar-refractivity contribution in [3.8, 4) is 0 Å². The Morgan fingerprint density at radius 1 is 1.19 bits per heavy atom. The number of carbonyl (C=O) groups excluding carboxylic acids is 1. The first-order valence-corrected chi connectivity index (χ1v) is 6.29. The van der Waals surface area contributed by atoms with Gasteiger partial charge in [0.2, 0.25) is 5.91 Å². The van der Waals surface area contributed by atoms with E-state index in [4.69, 9.17) is 5.73 Å². The highest BCUT2D eigenvalue weighted by Gasteiger charge is 2.27. The van der Waals surface area contributed by atoms with Gasteiger partial charge in [-0.05, 0) is 31.6 Å². The molecule has 2 aliphatic carbocycles. The van der Waals surface area contributed by atoms with Crippen LogP contribution in [-0.4, -0.2) is 18.0 Å². The highest BCUT2D eigenvalue weighted by atomic mass is 35.5. The van der Waals surface area contributed by atoms with E-state index in [2.05, 4.69) is 5.32 Å². The van der Waals surface area contributed by atoms with Crippen LogP contribution in [0.1, 0.15) is 51.4 Å². The molecule has 2 saturated carbocycles. The Bertz CT molecular complexity index is 223. The van der Waals surface area contributed by atoms with Gasteiger partial charge in [0.05, 0.1) is 0 Å². The van der Waals surface area contributed by atoms with Gasteiger partial charge in [-0.3, -0.25) is 4.79 Å². The molecular formula is C12H23ClN2O. The molecule has 0 unspecified atom stereocenters. The Labute approximate surface area is 104 Å². The van der Waals surface area contributed by atoms with E-state index in [0.717, 1.165) is 19.3 Å². The number of nitrogens with two attached hydrogens (primary N) is 1. The summed E-state index contributed by atoms with van der Waals surface area (Å²) in [6.07, 6.45) is 9.15. The lowest BCUT2D eigenvalue weighted by atomic mass is 9.85. The lowest BCUT2D eigenvalue weighted by Gasteiger charge is -2.33. The summed E-state index contributed by atoms with van der Waals surface area (Å²) in [6, 6.07) is 0.695. The molecule has 2 aliphatic rings. The summed E-state index contributed by atoms with van der Waals surface area (Å²) in [5.74, 6) is 0.895. The summed E-state index contributed by atoms with van der Waals surface area (Å²) >= 11 is 0. The van der Waals surface area contributed by atoms with Gasteiger partial charge in [-0.15, -0.1) is 12.4 Å². The van der Waals surface area contributed by atoms with E-state index in [9.17, 15) is 4.79 Å². The molecule has 16 heavy (non-hydrogen) atoms. The molecule has 94 valence electrons. The molecule has 3 nitrogen and oxygen atoms in total. The summed E-state index contributed by atoms with van der Waals surface area (Å²) in [7, 11) is 0. The van der Waals surface area contributed by atoms with Gasteiger partial charge < -0.3 is 11.1 Å². The van der Waals surface area contributed by atoms with Crippen molar-refractivity contribution in [3.63, 3.8) is 0 Å². The second-order valence-corrected chi connectivity index (χ2v) is 5.20. The number of amides is 1. The largest absolute Gasteiger partial charge is 0.353 e. The Balaban J connectivity index is 0.00000128. The van der Waals surface area contributed by atoms with Crippen LogP contribution in [-0.2, 0) is 4.79 Å². The van der Waals surface area contributed by atoms with E-state index < -0.39 is 0 Å². The standard InChI is InChI=1S/C12H22N2O.ClH/c13-10-7-11(8-10)14-12(15)6-9-4-2-1-3-5-9;/h9-11H,1-8,13H2,(H,14,15);1H. The van der Waals surface area contributed by atoms with Crippen molar-refractivity contribution >= 4 is 18.3 Å². The lowest BCUT2D eigenvalue weighted by Crippen LogP contribution is -2.50. The summed E-state index contributed by atoms with van der Waals surface area (Å²) in [5.41, 5.74) is 5.68. The fourth-order valence-electron chi connectivity index (χ4n) is 2.72. The smallest absolute Gasteiger partial charge is 0.220 e. The first-order valence-electron chi connectivity index (χ1n) is 6.29. The second-order valence-electron chi connectivity index (χ2n) is 5.20. The lowest BCUT2D eigenvalue weighted by molar-refractivity contribution is -0.123. The molecule has 0 atom stereocenters. The molecular weight excluding hydrogens is 224 g/mol. The summed E-state index contributed by atoms with van der Waals surface area (Å²) in [4.78, 5) is 11.7. The average Bonchev–Trinajstić information content (AvgIpc) is 2.17. The maximum absolute atomic E-state index is 11.7. The number of hydrogen-bond acceptors (Lipinski definition) is 2. The van der Waals surface area contributed by atoms with E-state index in [1.165, 1.54) is 32.1 Å². The summed E-state index contributed by atoms with van der Waals surface area (Å²) in [5, 5.41) is 3.08. The minimum atomic E-state index is 0. The Morgan fingerprint density at radius 3 is 2.38 bits per heavy atom. The quantitative estimate of drug-likeness (QED) is 0.800. The number of nitrogens with one attached hydrogen (secondary N) is 1. The molecule has 0 bridgehead atoms. The topological polar surface area (TPSA) is 55.1 Å². The van der Waals surface area contributed by atoms with Crippen LogP contribution in [0.4, 0.5) is 0 Å². The van der Waals surface area contributed by atoms with Crippen LogP contribution < -0.4 is 11.1 Å². The molecule has 1 amide bonds.